The molecule has 0 aromatic heterocycles. The Morgan fingerprint density at radius 3 is 2.46 bits per heavy atom. The zero-order valence-corrected chi connectivity index (χ0v) is 8.42. The zero-order chi connectivity index (χ0) is 9.68. The number of thioether (sulfide) groups is 1. The van der Waals surface area contributed by atoms with E-state index in [1.165, 1.54) is 0 Å². The molecule has 0 fully saturated rings. The molecule has 0 aliphatic carbocycles. The first-order valence-corrected chi connectivity index (χ1v) is 5.31. The van der Waals surface area contributed by atoms with Gasteiger partial charge in [-0.2, -0.15) is 0 Å². The second kappa shape index (κ2) is 5.14. The lowest BCUT2D eigenvalue weighted by atomic mass is 10.3. The Kier molecular flexibility index (Phi) is 4.12. The van der Waals surface area contributed by atoms with E-state index in [-0.39, 0.29) is 11.9 Å². The van der Waals surface area contributed by atoms with Crippen LogP contribution in [0.25, 0.3) is 0 Å². The molecule has 2 N–H and O–H groups in total. The highest BCUT2D eigenvalue weighted by Crippen LogP contribution is 2.21. The van der Waals surface area contributed by atoms with Crippen LogP contribution in [0.1, 0.15) is 13.3 Å². The first-order valence-electron chi connectivity index (χ1n) is 4.32. The summed E-state index contributed by atoms with van der Waals surface area (Å²) in [5.41, 5.74) is 0. The summed E-state index contributed by atoms with van der Waals surface area (Å²) in [7, 11) is 0. The molecule has 0 amide bonds. The number of hydrogen-bond acceptors (Lipinski definition) is 3. The maximum Gasteiger partial charge on any atom is 0.115 e. The molecule has 0 saturated carbocycles. The van der Waals surface area contributed by atoms with Gasteiger partial charge in [0.05, 0.1) is 6.10 Å². The van der Waals surface area contributed by atoms with Gasteiger partial charge in [0.2, 0.25) is 0 Å². The van der Waals surface area contributed by atoms with Crippen LogP contribution in [-0.4, -0.2) is 22.1 Å². The van der Waals surface area contributed by atoms with Crippen LogP contribution in [0.2, 0.25) is 0 Å². The molecule has 0 spiro atoms. The van der Waals surface area contributed by atoms with Crippen molar-refractivity contribution in [2.24, 2.45) is 0 Å². The van der Waals surface area contributed by atoms with E-state index in [2.05, 4.69) is 0 Å². The molecule has 3 heteroatoms. The van der Waals surface area contributed by atoms with Crippen molar-refractivity contribution in [3.05, 3.63) is 24.3 Å². The van der Waals surface area contributed by atoms with E-state index < -0.39 is 0 Å². The normalized spacial score (nSPS) is 12.8. The van der Waals surface area contributed by atoms with E-state index in [9.17, 15) is 5.11 Å². The van der Waals surface area contributed by atoms with Gasteiger partial charge in [-0.25, -0.2) is 0 Å². The van der Waals surface area contributed by atoms with Gasteiger partial charge in [0.15, 0.2) is 0 Å². The fourth-order valence-electron chi connectivity index (χ4n) is 0.853. The minimum Gasteiger partial charge on any atom is -0.508 e. The van der Waals surface area contributed by atoms with Gasteiger partial charge in [-0.3, -0.25) is 0 Å². The van der Waals surface area contributed by atoms with Gasteiger partial charge in [0, 0.05) is 10.6 Å². The molecule has 1 atom stereocenters. The van der Waals surface area contributed by atoms with Crippen LogP contribution in [-0.2, 0) is 0 Å². The zero-order valence-electron chi connectivity index (χ0n) is 7.60. The Labute approximate surface area is 82.6 Å². The van der Waals surface area contributed by atoms with Gasteiger partial charge >= 0.3 is 0 Å². The summed E-state index contributed by atoms with van der Waals surface area (Å²) in [6.07, 6.45) is 0.546. The molecular weight excluding hydrogens is 184 g/mol. The van der Waals surface area contributed by atoms with E-state index in [4.69, 9.17) is 5.11 Å². The van der Waals surface area contributed by atoms with E-state index >= 15 is 0 Å². The Hall–Kier alpha value is -0.670. The summed E-state index contributed by atoms with van der Waals surface area (Å²) in [4.78, 5) is 1.07. The van der Waals surface area contributed by atoms with Gasteiger partial charge in [0.1, 0.15) is 5.75 Å². The third-order valence-electron chi connectivity index (χ3n) is 1.75. The summed E-state index contributed by atoms with van der Waals surface area (Å²) < 4.78 is 0. The number of aliphatic hydroxyl groups excluding tert-OH is 1. The smallest absolute Gasteiger partial charge is 0.115 e. The van der Waals surface area contributed by atoms with Crippen molar-refractivity contribution in [2.45, 2.75) is 24.3 Å². The lowest BCUT2D eigenvalue weighted by Crippen LogP contribution is -2.06. The second-order valence-electron chi connectivity index (χ2n) is 2.87. The first-order chi connectivity index (χ1) is 6.22. The maximum atomic E-state index is 9.30. The number of rotatable bonds is 4. The van der Waals surface area contributed by atoms with Crippen molar-refractivity contribution >= 4 is 11.8 Å². The van der Waals surface area contributed by atoms with E-state index in [0.717, 1.165) is 11.3 Å². The van der Waals surface area contributed by atoms with Crippen LogP contribution in [0.5, 0.6) is 5.75 Å². The molecule has 1 aromatic rings. The van der Waals surface area contributed by atoms with Crippen LogP contribution in [0.15, 0.2) is 29.2 Å². The molecule has 0 aliphatic heterocycles. The lowest BCUT2D eigenvalue weighted by Gasteiger charge is -2.06. The van der Waals surface area contributed by atoms with Crippen molar-refractivity contribution < 1.29 is 10.2 Å². The van der Waals surface area contributed by atoms with Gasteiger partial charge < -0.3 is 10.2 Å². The lowest BCUT2D eigenvalue weighted by molar-refractivity contribution is 0.195. The standard InChI is InChI=1S/C10H14O2S/c1-2-8(11)7-13-10-5-3-9(12)4-6-10/h3-6,8,11-12H,2,7H2,1H3. The third-order valence-corrected chi connectivity index (χ3v) is 2.91. The second-order valence-corrected chi connectivity index (χ2v) is 3.96. The molecule has 0 bridgehead atoms. The van der Waals surface area contributed by atoms with E-state index in [1.54, 1.807) is 23.9 Å². The van der Waals surface area contributed by atoms with Crippen LogP contribution < -0.4 is 0 Å². The minimum absolute atomic E-state index is 0.237. The molecule has 72 valence electrons. The number of benzene rings is 1. The molecule has 1 aromatic carbocycles. The predicted octanol–water partition coefficient (Wildman–Crippen LogP) is 2.26. The molecule has 2 nitrogen and oxygen atoms in total. The van der Waals surface area contributed by atoms with E-state index in [0.29, 0.717) is 5.75 Å². The van der Waals surface area contributed by atoms with Gasteiger partial charge in [-0.15, -0.1) is 11.8 Å². The molecule has 0 aliphatic rings. The number of aliphatic hydroxyl groups is 1. The number of phenolic OH excluding ortho intramolecular Hbond substituents is 1. The van der Waals surface area contributed by atoms with Crippen molar-refractivity contribution in [3.8, 4) is 5.75 Å². The first kappa shape index (κ1) is 10.4. The van der Waals surface area contributed by atoms with Gasteiger partial charge in [0.25, 0.3) is 0 Å². The molecule has 1 rings (SSSR count). The van der Waals surface area contributed by atoms with Crippen LogP contribution in [0.3, 0.4) is 0 Å². The Balaban J connectivity index is 2.41. The summed E-state index contributed by atoms with van der Waals surface area (Å²) >= 11 is 1.60. The topological polar surface area (TPSA) is 40.5 Å². The highest BCUT2D eigenvalue weighted by Gasteiger charge is 2.01. The summed E-state index contributed by atoms with van der Waals surface area (Å²) in [5.74, 6) is 0.988. The fourth-order valence-corrected chi connectivity index (χ4v) is 1.80. The fraction of sp³-hybridized carbons (Fsp3) is 0.400. The van der Waals surface area contributed by atoms with Crippen molar-refractivity contribution in [1.82, 2.24) is 0 Å². The van der Waals surface area contributed by atoms with Gasteiger partial charge in [-0.05, 0) is 30.7 Å². The predicted molar refractivity (Wildman–Crippen MR) is 55.1 cm³/mol. The highest BCUT2D eigenvalue weighted by atomic mass is 32.2. The number of aromatic hydroxyl groups is 1. The van der Waals surface area contributed by atoms with E-state index in [1.807, 2.05) is 19.1 Å². The monoisotopic (exact) mass is 198 g/mol. The largest absolute Gasteiger partial charge is 0.508 e. The molecule has 1 unspecified atom stereocenters. The van der Waals surface area contributed by atoms with Gasteiger partial charge in [-0.1, -0.05) is 6.92 Å². The van der Waals surface area contributed by atoms with Crippen molar-refractivity contribution in [1.29, 1.82) is 0 Å². The minimum atomic E-state index is -0.237. The summed E-state index contributed by atoms with van der Waals surface area (Å²) in [6.45, 7) is 1.96. The summed E-state index contributed by atoms with van der Waals surface area (Å²) in [5, 5.41) is 18.3. The highest BCUT2D eigenvalue weighted by molar-refractivity contribution is 7.99. The van der Waals surface area contributed by atoms with Crippen molar-refractivity contribution in [3.63, 3.8) is 0 Å². The molecule has 0 heterocycles. The number of phenols is 1. The molecule has 0 saturated heterocycles. The Bertz CT molecular complexity index is 246. The average Bonchev–Trinajstić information content (AvgIpc) is 2.16. The van der Waals surface area contributed by atoms with Crippen molar-refractivity contribution in [2.75, 3.05) is 5.75 Å². The summed E-state index contributed by atoms with van der Waals surface area (Å²) in [6, 6.07) is 7.01. The van der Waals surface area contributed by atoms with Crippen LogP contribution in [0.4, 0.5) is 0 Å². The molecule has 13 heavy (non-hydrogen) atoms. The molecular formula is C10H14O2S. The average molecular weight is 198 g/mol. The third kappa shape index (κ3) is 3.70. The maximum absolute atomic E-state index is 9.30. The SMILES string of the molecule is CCC(O)CSc1ccc(O)cc1. The van der Waals surface area contributed by atoms with Crippen LogP contribution >= 0.6 is 11.8 Å². The van der Waals surface area contributed by atoms with Crippen LogP contribution in [0, 0.1) is 0 Å². The Morgan fingerprint density at radius 2 is 1.92 bits per heavy atom. The molecule has 0 radical (unpaired) electrons. The number of hydrogen-bond donors (Lipinski definition) is 2. The quantitative estimate of drug-likeness (QED) is 0.729. The Morgan fingerprint density at radius 1 is 1.31 bits per heavy atom.